The molecule has 0 radical (unpaired) electrons. The Morgan fingerprint density at radius 1 is 1.28 bits per heavy atom. The van der Waals surface area contributed by atoms with E-state index in [1.54, 1.807) is 13.1 Å². The molecule has 0 saturated carbocycles. The lowest BCUT2D eigenvalue weighted by molar-refractivity contribution is 0.444. The van der Waals surface area contributed by atoms with Gasteiger partial charge in [0, 0.05) is 35.5 Å². The van der Waals surface area contributed by atoms with E-state index >= 15 is 0 Å². The molecule has 0 fully saturated rings. The highest BCUT2D eigenvalue weighted by Crippen LogP contribution is 2.29. The molecule has 0 aliphatic heterocycles. The molecule has 0 amide bonds. The average Bonchev–Trinajstić information content (AvgIpc) is 2.30. The zero-order chi connectivity index (χ0) is 13.1. The molecule has 0 aliphatic carbocycles. The smallest absolute Gasteiger partial charge is 0.215 e. The van der Waals surface area contributed by atoms with Gasteiger partial charge in [-0.05, 0) is 6.92 Å². The van der Waals surface area contributed by atoms with Gasteiger partial charge in [-0.3, -0.25) is 4.98 Å². The Hall–Kier alpha value is -1.04. The topological polar surface area (TPSA) is 58.9 Å². The number of rotatable bonds is 3. The predicted octanol–water partition coefficient (Wildman–Crippen LogP) is 3.48. The Morgan fingerprint density at radius 2 is 2.06 bits per heavy atom. The van der Waals surface area contributed by atoms with Crippen molar-refractivity contribution in [2.45, 2.75) is 17.8 Å². The van der Waals surface area contributed by atoms with Crippen molar-refractivity contribution in [3.63, 3.8) is 0 Å². The minimum absolute atomic E-state index is 0.0414. The van der Waals surface area contributed by atoms with E-state index in [4.69, 9.17) is 23.2 Å². The maximum absolute atomic E-state index is 9.37. The van der Waals surface area contributed by atoms with Gasteiger partial charge in [-0.25, -0.2) is 4.98 Å². The maximum Gasteiger partial charge on any atom is 0.215 e. The zero-order valence-electron chi connectivity index (χ0n) is 9.39. The number of nitrogens with zero attached hydrogens (tertiary/aromatic N) is 3. The monoisotopic (exact) mass is 301 g/mol. The second-order valence-corrected chi connectivity index (χ2v) is 5.26. The van der Waals surface area contributed by atoms with E-state index in [-0.39, 0.29) is 5.88 Å². The van der Waals surface area contributed by atoms with E-state index in [1.165, 1.54) is 24.0 Å². The van der Waals surface area contributed by atoms with Crippen LogP contribution in [0.4, 0.5) is 0 Å². The number of hydrogen-bond donors (Lipinski definition) is 1. The lowest BCUT2D eigenvalue weighted by Gasteiger charge is -2.05. The molecule has 18 heavy (non-hydrogen) atoms. The highest BCUT2D eigenvalue weighted by atomic mass is 35.5. The van der Waals surface area contributed by atoms with Crippen LogP contribution in [0.5, 0.6) is 5.88 Å². The zero-order valence-corrected chi connectivity index (χ0v) is 11.7. The van der Waals surface area contributed by atoms with Crippen molar-refractivity contribution in [1.29, 1.82) is 0 Å². The lowest BCUT2D eigenvalue weighted by atomic mass is 10.3. The summed E-state index contributed by atoms with van der Waals surface area (Å²) in [5.74, 6) is 0.496. The van der Waals surface area contributed by atoms with Gasteiger partial charge in [-0.2, -0.15) is 4.98 Å². The molecule has 0 spiro atoms. The fourth-order valence-electron chi connectivity index (χ4n) is 1.29. The van der Waals surface area contributed by atoms with Gasteiger partial charge in [0.05, 0.1) is 10.0 Å². The molecule has 94 valence electrons. The van der Waals surface area contributed by atoms with E-state index in [1.807, 2.05) is 0 Å². The summed E-state index contributed by atoms with van der Waals surface area (Å²) in [6.45, 7) is 1.79. The molecule has 2 aromatic heterocycles. The quantitative estimate of drug-likeness (QED) is 0.695. The first-order chi connectivity index (χ1) is 8.56. The highest BCUT2D eigenvalue weighted by molar-refractivity contribution is 7.98. The Kier molecular flexibility index (Phi) is 4.27. The third kappa shape index (κ3) is 3.25. The van der Waals surface area contributed by atoms with Gasteiger partial charge in [0.15, 0.2) is 5.16 Å². The van der Waals surface area contributed by atoms with Crippen LogP contribution in [-0.4, -0.2) is 20.1 Å². The summed E-state index contributed by atoms with van der Waals surface area (Å²) in [5, 5.41) is 10.8. The summed E-state index contributed by atoms with van der Waals surface area (Å²) in [5.41, 5.74) is 1.51. The Bertz CT molecular complexity index is 560. The Morgan fingerprint density at radius 3 is 2.78 bits per heavy atom. The van der Waals surface area contributed by atoms with Gasteiger partial charge in [0.1, 0.15) is 0 Å². The number of pyridine rings is 1. The minimum atomic E-state index is -0.0414. The molecule has 2 heterocycles. The van der Waals surface area contributed by atoms with Gasteiger partial charge >= 0.3 is 0 Å². The Balaban J connectivity index is 2.14. The molecule has 0 bridgehead atoms. The van der Waals surface area contributed by atoms with Gasteiger partial charge < -0.3 is 5.11 Å². The lowest BCUT2D eigenvalue weighted by Crippen LogP contribution is -1.92. The standard InChI is InChI=1S/C11H9Cl2N3OS/c1-6-2-9(17)16-11(15-6)18-5-7-3-14-4-8(12)10(7)13/h2-4H,5H2,1H3,(H,15,16,17). The maximum atomic E-state index is 9.37. The van der Waals surface area contributed by atoms with Gasteiger partial charge in [-0.1, -0.05) is 35.0 Å². The molecule has 0 saturated heterocycles. The largest absolute Gasteiger partial charge is 0.493 e. The first-order valence-corrected chi connectivity index (χ1v) is 6.75. The molecule has 0 unspecified atom stereocenters. The summed E-state index contributed by atoms with van der Waals surface area (Å²) in [4.78, 5) is 12.1. The second-order valence-electron chi connectivity index (χ2n) is 3.53. The molecule has 2 aromatic rings. The van der Waals surface area contributed by atoms with Crippen molar-refractivity contribution < 1.29 is 5.11 Å². The molecule has 0 atom stereocenters. The van der Waals surface area contributed by atoms with Crippen molar-refractivity contribution in [2.24, 2.45) is 0 Å². The van der Waals surface area contributed by atoms with E-state index in [0.717, 1.165) is 5.56 Å². The van der Waals surface area contributed by atoms with Crippen molar-refractivity contribution >= 4 is 35.0 Å². The normalized spacial score (nSPS) is 10.6. The fourth-order valence-corrected chi connectivity index (χ4v) is 2.58. The van der Waals surface area contributed by atoms with Crippen molar-refractivity contribution in [1.82, 2.24) is 15.0 Å². The van der Waals surface area contributed by atoms with E-state index in [2.05, 4.69) is 15.0 Å². The minimum Gasteiger partial charge on any atom is -0.493 e. The number of aromatic nitrogens is 3. The number of thioether (sulfide) groups is 1. The highest BCUT2D eigenvalue weighted by Gasteiger charge is 2.08. The molecular formula is C11H9Cl2N3OS. The van der Waals surface area contributed by atoms with E-state index in [9.17, 15) is 5.11 Å². The van der Waals surface area contributed by atoms with Gasteiger partial charge in [-0.15, -0.1) is 0 Å². The summed E-state index contributed by atoms with van der Waals surface area (Å²) < 4.78 is 0. The predicted molar refractivity (Wildman–Crippen MR) is 72.3 cm³/mol. The average molecular weight is 302 g/mol. The fraction of sp³-hybridized carbons (Fsp3) is 0.182. The molecular weight excluding hydrogens is 293 g/mol. The van der Waals surface area contributed by atoms with Gasteiger partial charge in [0.25, 0.3) is 0 Å². The van der Waals surface area contributed by atoms with Crippen LogP contribution >= 0.6 is 35.0 Å². The summed E-state index contributed by atoms with van der Waals surface area (Å²) in [6, 6.07) is 1.50. The third-order valence-electron chi connectivity index (χ3n) is 2.09. The number of halogens is 2. The Labute approximate surface area is 118 Å². The molecule has 4 nitrogen and oxygen atoms in total. The third-order valence-corrected chi connectivity index (χ3v) is 3.81. The van der Waals surface area contributed by atoms with Crippen LogP contribution in [0.3, 0.4) is 0 Å². The number of aromatic hydroxyl groups is 1. The van der Waals surface area contributed by atoms with Crippen LogP contribution < -0.4 is 0 Å². The van der Waals surface area contributed by atoms with E-state index in [0.29, 0.717) is 26.6 Å². The van der Waals surface area contributed by atoms with Crippen LogP contribution in [-0.2, 0) is 5.75 Å². The summed E-state index contributed by atoms with van der Waals surface area (Å²) in [7, 11) is 0. The molecule has 2 rings (SSSR count). The van der Waals surface area contributed by atoms with Gasteiger partial charge in [0.2, 0.25) is 5.88 Å². The second kappa shape index (κ2) is 5.73. The summed E-state index contributed by atoms with van der Waals surface area (Å²) in [6.07, 6.45) is 3.14. The van der Waals surface area contributed by atoms with Crippen LogP contribution in [0.1, 0.15) is 11.3 Å². The van der Waals surface area contributed by atoms with E-state index < -0.39 is 0 Å². The van der Waals surface area contributed by atoms with Crippen molar-refractivity contribution in [2.75, 3.05) is 0 Å². The molecule has 7 heteroatoms. The molecule has 0 aliphatic rings. The first-order valence-electron chi connectivity index (χ1n) is 5.01. The molecule has 0 aromatic carbocycles. The van der Waals surface area contributed by atoms with Crippen LogP contribution in [0.15, 0.2) is 23.6 Å². The number of hydrogen-bond acceptors (Lipinski definition) is 5. The molecule has 1 N–H and O–H groups in total. The van der Waals surface area contributed by atoms with Crippen molar-refractivity contribution in [3.8, 4) is 5.88 Å². The van der Waals surface area contributed by atoms with Crippen LogP contribution in [0.2, 0.25) is 10.0 Å². The summed E-state index contributed by atoms with van der Waals surface area (Å²) >= 11 is 13.3. The van der Waals surface area contributed by atoms with Crippen molar-refractivity contribution in [3.05, 3.63) is 39.8 Å². The number of aryl methyl sites for hydroxylation is 1. The SMILES string of the molecule is Cc1cc(O)nc(SCc2cncc(Cl)c2Cl)n1. The van der Waals surface area contributed by atoms with Crippen LogP contribution in [0.25, 0.3) is 0 Å². The first kappa shape index (κ1) is 13.4. The van der Waals surface area contributed by atoms with Crippen LogP contribution in [0, 0.1) is 6.92 Å².